The van der Waals surface area contributed by atoms with Gasteiger partial charge in [0.15, 0.2) is 0 Å². The molecule has 0 radical (unpaired) electrons. The Morgan fingerprint density at radius 3 is 2.47 bits per heavy atom. The fraction of sp³-hybridized carbons (Fsp3) is 0.391. The highest BCUT2D eigenvalue weighted by Crippen LogP contribution is 2.21. The number of ether oxygens (including phenoxy) is 1. The van der Waals surface area contributed by atoms with E-state index in [0.717, 1.165) is 24.2 Å². The zero-order chi connectivity index (χ0) is 21.3. The van der Waals surface area contributed by atoms with Gasteiger partial charge in [-0.1, -0.05) is 30.3 Å². The van der Waals surface area contributed by atoms with Crippen molar-refractivity contribution in [2.75, 3.05) is 39.4 Å². The molecule has 1 fully saturated rings. The number of halogens is 1. The Morgan fingerprint density at radius 2 is 1.77 bits per heavy atom. The zero-order valence-corrected chi connectivity index (χ0v) is 17.2. The Labute approximate surface area is 176 Å². The van der Waals surface area contributed by atoms with Gasteiger partial charge in [-0.3, -0.25) is 14.5 Å². The lowest BCUT2D eigenvalue weighted by Gasteiger charge is -2.35. The number of rotatable bonds is 8. The zero-order valence-electron chi connectivity index (χ0n) is 17.2. The lowest BCUT2D eigenvalue weighted by Crippen LogP contribution is -2.44. The average molecular weight is 413 g/mol. The van der Waals surface area contributed by atoms with Crippen molar-refractivity contribution in [1.82, 2.24) is 15.5 Å². The highest BCUT2D eigenvalue weighted by atomic mass is 19.1. The minimum atomic E-state index is -0.284. The first-order valence-corrected chi connectivity index (χ1v) is 10.2. The van der Waals surface area contributed by atoms with Crippen molar-refractivity contribution in [2.45, 2.75) is 19.4 Å². The summed E-state index contributed by atoms with van der Waals surface area (Å²) in [6, 6.07) is 13.7. The van der Waals surface area contributed by atoms with E-state index in [1.165, 1.54) is 12.1 Å². The van der Waals surface area contributed by atoms with Crippen LogP contribution in [0, 0.1) is 12.7 Å². The molecule has 2 N–H and O–H groups in total. The van der Waals surface area contributed by atoms with Crippen molar-refractivity contribution in [2.24, 2.45) is 0 Å². The van der Waals surface area contributed by atoms with Crippen molar-refractivity contribution in [3.8, 4) is 0 Å². The topological polar surface area (TPSA) is 70.7 Å². The summed E-state index contributed by atoms with van der Waals surface area (Å²) in [5, 5.41) is 5.74. The van der Waals surface area contributed by atoms with Gasteiger partial charge in [0.05, 0.1) is 19.3 Å². The van der Waals surface area contributed by atoms with Crippen molar-refractivity contribution in [1.29, 1.82) is 0 Å². The molecule has 0 spiro atoms. The van der Waals surface area contributed by atoms with E-state index in [2.05, 4.69) is 15.5 Å². The van der Waals surface area contributed by atoms with Crippen LogP contribution in [-0.2, 0) is 9.53 Å². The molecule has 1 saturated heterocycles. The summed E-state index contributed by atoms with van der Waals surface area (Å²) in [4.78, 5) is 26.8. The van der Waals surface area contributed by atoms with Crippen molar-refractivity contribution in [3.63, 3.8) is 0 Å². The molecule has 2 aromatic rings. The van der Waals surface area contributed by atoms with E-state index in [4.69, 9.17) is 4.74 Å². The van der Waals surface area contributed by atoms with Gasteiger partial charge in [-0.15, -0.1) is 0 Å². The van der Waals surface area contributed by atoms with Gasteiger partial charge >= 0.3 is 0 Å². The quantitative estimate of drug-likeness (QED) is 0.698. The number of amides is 2. The molecular weight excluding hydrogens is 385 g/mol. The fourth-order valence-electron chi connectivity index (χ4n) is 3.54. The number of aryl methyl sites for hydroxylation is 1. The van der Waals surface area contributed by atoms with E-state index in [1.807, 2.05) is 25.1 Å². The summed E-state index contributed by atoms with van der Waals surface area (Å²) >= 11 is 0. The Morgan fingerprint density at radius 1 is 1.07 bits per heavy atom. The summed E-state index contributed by atoms with van der Waals surface area (Å²) in [5.74, 6) is -0.605. The van der Waals surface area contributed by atoms with Crippen LogP contribution in [-0.4, -0.2) is 56.1 Å². The van der Waals surface area contributed by atoms with Crippen LogP contribution in [0.25, 0.3) is 0 Å². The first-order chi connectivity index (χ1) is 14.5. The van der Waals surface area contributed by atoms with Crippen LogP contribution >= 0.6 is 0 Å². The van der Waals surface area contributed by atoms with Crippen LogP contribution in [0.15, 0.2) is 48.5 Å². The lowest BCUT2D eigenvalue weighted by atomic mass is 10.0. The van der Waals surface area contributed by atoms with Gasteiger partial charge in [-0.05, 0) is 36.2 Å². The molecule has 1 heterocycles. The number of benzene rings is 2. The van der Waals surface area contributed by atoms with Gasteiger partial charge in [-0.2, -0.15) is 0 Å². The third-order valence-corrected chi connectivity index (χ3v) is 5.26. The largest absolute Gasteiger partial charge is 0.379 e. The van der Waals surface area contributed by atoms with Crippen LogP contribution in [0.3, 0.4) is 0 Å². The number of morpholine rings is 1. The van der Waals surface area contributed by atoms with Gasteiger partial charge in [-0.25, -0.2) is 4.39 Å². The molecule has 30 heavy (non-hydrogen) atoms. The van der Waals surface area contributed by atoms with Gasteiger partial charge in [0.1, 0.15) is 5.82 Å². The SMILES string of the molecule is Cc1ccccc1C(=O)NCCC(=O)NCC(c1ccc(F)cc1)N1CCOCC1. The second-order valence-corrected chi connectivity index (χ2v) is 7.34. The number of nitrogens with one attached hydrogen (secondary N) is 2. The summed E-state index contributed by atoms with van der Waals surface area (Å²) in [7, 11) is 0. The molecule has 7 heteroatoms. The van der Waals surface area contributed by atoms with Gasteiger partial charge in [0, 0.05) is 38.2 Å². The molecule has 1 aliphatic rings. The Balaban J connectivity index is 1.50. The highest BCUT2D eigenvalue weighted by Gasteiger charge is 2.23. The van der Waals surface area contributed by atoms with E-state index < -0.39 is 0 Å². The predicted molar refractivity (Wildman–Crippen MR) is 113 cm³/mol. The Hall–Kier alpha value is -2.77. The van der Waals surface area contributed by atoms with Crippen LogP contribution in [0.1, 0.15) is 33.9 Å². The summed E-state index contributed by atoms with van der Waals surface area (Å²) < 4.78 is 18.7. The first-order valence-electron chi connectivity index (χ1n) is 10.2. The number of carbonyl (C=O) groups is 2. The maximum absolute atomic E-state index is 13.3. The third-order valence-electron chi connectivity index (χ3n) is 5.26. The van der Waals surface area contributed by atoms with Crippen LogP contribution < -0.4 is 10.6 Å². The number of nitrogens with zero attached hydrogens (tertiary/aromatic N) is 1. The van der Waals surface area contributed by atoms with Gasteiger partial charge < -0.3 is 15.4 Å². The van der Waals surface area contributed by atoms with Crippen LogP contribution in [0.2, 0.25) is 0 Å². The molecule has 1 aliphatic heterocycles. The number of hydrogen-bond acceptors (Lipinski definition) is 4. The van der Waals surface area contributed by atoms with Crippen molar-refractivity contribution < 1.29 is 18.7 Å². The first kappa shape index (κ1) is 21.9. The van der Waals surface area contributed by atoms with Crippen LogP contribution in [0.4, 0.5) is 4.39 Å². The predicted octanol–water partition coefficient (Wildman–Crippen LogP) is 2.44. The van der Waals surface area contributed by atoms with E-state index in [1.54, 1.807) is 18.2 Å². The molecule has 1 unspecified atom stereocenters. The molecule has 2 amide bonds. The lowest BCUT2D eigenvalue weighted by molar-refractivity contribution is -0.121. The molecule has 0 saturated carbocycles. The monoisotopic (exact) mass is 413 g/mol. The van der Waals surface area contributed by atoms with Gasteiger partial charge in [0.2, 0.25) is 5.91 Å². The molecule has 0 aromatic heterocycles. The highest BCUT2D eigenvalue weighted by molar-refractivity contribution is 5.95. The molecule has 1 atom stereocenters. The molecule has 2 aromatic carbocycles. The summed E-state index contributed by atoms with van der Waals surface area (Å²) in [6.07, 6.45) is 0.191. The third kappa shape index (κ3) is 6.11. The van der Waals surface area contributed by atoms with Crippen molar-refractivity contribution in [3.05, 3.63) is 71.0 Å². The average Bonchev–Trinajstić information content (AvgIpc) is 2.76. The fourth-order valence-corrected chi connectivity index (χ4v) is 3.54. The second kappa shape index (κ2) is 10.8. The van der Waals surface area contributed by atoms with E-state index in [9.17, 15) is 14.0 Å². The summed E-state index contributed by atoms with van der Waals surface area (Å²) in [5.41, 5.74) is 2.46. The minimum Gasteiger partial charge on any atom is -0.379 e. The van der Waals surface area contributed by atoms with E-state index >= 15 is 0 Å². The normalized spacial score (nSPS) is 15.4. The molecular formula is C23H28FN3O3. The molecule has 3 rings (SSSR count). The molecule has 6 nitrogen and oxygen atoms in total. The maximum Gasteiger partial charge on any atom is 0.251 e. The second-order valence-electron chi connectivity index (χ2n) is 7.34. The van der Waals surface area contributed by atoms with Crippen LogP contribution in [0.5, 0.6) is 0 Å². The smallest absolute Gasteiger partial charge is 0.251 e. The van der Waals surface area contributed by atoms with Gasteiger partial charge in [0.25, 0.3) is 5.91 Å². The van der Waals surface area contributed by atoms with E-state index in [-0.39, 0.29) is 36.6 Å². The van der Waals surface area contributed by atoms with Crippen molar-refractivity contribution >= 4 is 11.8 Å². The minimum absolute atomic E-state index is 0.0555. The molecule has 0 aliphatic carbocycles. The number of hydrogen-bond donors (Lipinski definition) is 2. The number of carbonyl (C=O) groups excluding carboxylic acids is 2. The Kier molecular flexibility index (Phi) is 7.93. The van der Waals surface area contributed by atoms with E-state index in [0.29, 0.717) is 25.3 Å². The molecule has 0 bridgehead atoms. The Bertz CT molecular complexity index is 851. The maximum atomic E-state index is 13.3. The standard InChI is InChI=1S/C23H28FN3O3/c1-17-4-2-3-5-20(17)23(29)25-11-10-22(28)26-16-21(27-12-14-30-15-13-27)18-6-8-19(24)9-7-18/h2-9,21H,10-16H2,1H3,(H,25,29)(H,26,28). The molecule has 160 valence electrons. The summed E-state index contributed by atoms with van der Waals surface area (Å²) in [6.45, 7) is 5.33.